The fourth-order valence-corrected chi connectivity index (χ4v) is 2.25. The molecule has 1 aromatic heterocycles. The molecule has 1 fully saturated rings. The van der Waals surface area contributed by atoms with Gasteiger partial charge in [0.1, 0.15) is 12.7 Å². The molecular weight excluding hydrogens is 398 g/mol. The lowest BCUT2D eigenvalue weighted by Gasteiger charge is -2.27. The molecule has 1 aromatic rings. The molecule has 0 radical (unpaired) electrons. The molecule has 142 valence electrons. The van der Waals surface area contributed by atoms with Gasteiger partial charge in [-0.15, -0.1) is 49.6 Å². The van der Waals surface area contributed by atoms with Crippen molar-refractivity contribution in [2.45, 2.75) is 25.4 Å². The lowest BCUT2D eigenvalue weighted by Crippen LogP contribution is -2.38. The number of aliphatic hydroxyl groups is 1. The zero-order valence-corrected chi connectivity index (χ0v) is 16.5. The predicted octanol–water partition coefficient (Wildman–Crippen LogP) is 2.25. The summed E-state index contributed by atoms with van der Waals surface area (Å²) in [6, 6.07) is 3.59. The van der Waals surface area contributed by atoms with Gasteiger partial charge in [-0.25, -0.2) is 0 Å². The van der Waals surface area contributed by atoms with E-state index in [0.717, 1.165) is 13.1 Å². The van der Waals surface area contributed by atoms with E-state index in [9.17, 15) is 5.11 Å². The second-order valence-electron chi connectivity index (χ2n) is 5.03. The molecule has 0 saturated carbocycles. The van der Waals surface area contributed by atoms with E-state index < -0.39 is 6.10 Å². The van der Waals surface area contributed by atoms with Crippen LogP contribution in [0.25, 0.3) is 0 Å². The van der Waals surface area contributed by atoms with Crippen LogP contribution in [0, 0.1) is 0 Å². The van der Waals surface area contributed by atoms with E-state index in [1.54, 1.807) is 24.5 Å². The molecule has 2 heterocycles. The summed E-state index contributed by atoms with van der Waals surface area (Å²) in [5, 5.41) is 13.7. The Balaban J connectivity index is -0.00000110. The van der Waals surface area contributed by atoms with E-state index in [4.69, 9.17) is 10.6 Å². The average molecular weight is 424 g/mol. The van der Waals surface area contributed by atoms with Crippen molar-refractivity contribution in [3.05, 3.63) is 30.1 Å². The van der Waals surface area contributed by atoms with Gasteiger partial charge in [0.25, 0.3) is 0 Å². The van der Waals surface area contributed by atoms with Crippen molar-refractivity contribution >= 4 is 55.5 Å². The van der Waals surface area contributed by atoms with Crippen molar-refractivity contribution in [3.8, 4) is 0 Å². The number of rotatable bonds is 6. The zero-order chi connectivity index (χ0) is 14.2. The van der Waals surface area contributed by atoms with Crippen LogP contribution in [0.3, 0.4) is 0 Å². The Kier molecular flexibility index (Phi) is 18.9. The molecule has 1 saturated heterocycles. The molecule has 0 aliphatic carbocycles. The Morgan fingerprint density at radius 1 is 1.25 bits per heavy atom. The SMILES string of the molecule is Cl.Cl.Cl.Cl.N/C(=N\OCC(O)CN1CCCCC1)c1cccnc1. The number of hydrogen-bond acceptors (Lipinski definition) is 5. The minimum atomic E-state index is -0.543. The molecule has 24 heavy (non-hydrogen) atoms. The van der Waals surface area contributed by atoms with Crippen molar-refractivity contribution in [1.82, 2.24) is 9.88 Å². The number of hydrogen-bond donors (Lipinski definition) is 2. The summed E-state index contributed by atoms with van der Waals surface area (Å²) in [5.74, 6) is 0.267. The molecule has 3 N–H and O–H groups in total. The number of β-amino-alcohol motifs (C(OH)–C–C–N with tert-alkyl or cyclic N) is 1. The minimum Gasteiger partial charge on any atom is -0.391 e. The van der Waals surface area contributed by atoms with Crippen LogP contribution in [0.2, 0.25) is 0 Å². The van der Waals surface area contributed by atoms with E-state index in [1.807, 2.05) is 0 Å². The number of amidine groups is 1. The van der Waals surface area contributed by atoms with Crippen LogP contribution in [0.15, 0.2) is 29.7 Å². The highest BCUT2D eigenvalue weighted by molar-refractivity contribution is 5.96. The Hall–Kier alpha value is -0.500. The van der Waals surface area contributed by atoms with Crippen LogP contribution < -0.4 is 5.73 Å². The predicted molar refractivity (Wildman–Crippen MR) is 106 cm³/mol. The smallest absolute Gasteiger partial charge is 0.171 e. The molecule has 0 aromatic carbocycles. The quantitative estimate of drug-likeness (QED) is 0.416. The fourth-order valence-electron chi connectivity index (χ4n) is 2.25. The maximum Gasteiger partial charge on any atom is 0.171 e. The standard InChI is InChI=1S/C14H22N4O2.4ClH/c15-14(12-5-4-6-16-9-12)17-20-11-13(19)10-18-7-2-1-3-8-18;;;;/h4-6,9,13,19H,1-3,7-8,10-11H2,(H2,15,17);4*1H. The van der Waals surface area contributed by atoms with Gasteiger partial charge in [0.05, 0.1) is 0 Å². The maximum absolute atomic E-state index is 9.90. The normalized spacial score (nSPS) is 15.6. The first-order valence-electron chi connectivity index (χ1n) is 7.02. The van der Waals surface area contributed by atoms with Gasteiger partial charge in [0.15, 0.2) is 5.84 Å². The van der Waals surface area contributed by atoms with Crippen molar-refractivity contribution in [1.29, 1.82) is 0 Å². The third-order valence-electron chi connectivity index (χ3n) is 3.30. The fraction of sp³-hybridized carbons (Fsp3) is 0.571. The van der Waals surface area contributed by atoms with Crippen molar-refractivity contribution in [2.24, 2.45) is 10.9 Å². The van der Waals surface area contributed by atoms with Gasteiger partial charge in [0.2, 0.25) is 0 Å². The maximum atomic E-state index is 9.90. The summed E-state index contributed by atoms with van der Waals surface area (Å²) in [6.45, 7) is 2.89. The van der Waals surface area contributed by atoms with E-state index in [0.29, 0.717) is 12.1 Å². The van der Waals surface area contributed by atoms with Gasteiger partial charge in [-0.1, -0.05) is 11.6 Å². The first kappa shape index (κ1) is 28.3. The van der Waals surface area contributed by atoms with Crippen LogP contribution in [0.4, 0.5) is 0 Å². The second kappa shape index (κ2) is 16.0. The van der Waals surface area contributed by atoms with Crippen molar-refractivity contribution in [3.63, 3.8) is 0 Å². The number of halogens is 4. The van der Waals surface area contributed by atoms with Crippen LogP contribution >= 0.6 is 49.6 Å². The molecule has 1 atom stereocenters. The topological polar surface area (TPSA) is 84.0 Å². The summed E-state index contributed by atoms with van der Waals surface area (Å²) in [4.78, 5) is 11.3. The molecule has 1 aliphatic heterocycles. The van der Waals surface area contributed by atoms with E-state index in [2.05, 4.69) is 15.0 Å². The number of aromatic nitrogens is 1. The lowest BCUT2D eigenvalue weighted by molar-refractivity contribution is 0.0157. The lowest BCUT2D eigenvalue weighted by atomic mass is 10.1. The average Bonchev–Trinajstić information content (AvgIpc) is 2.49. The molecule has 1 aliphatic rings. The van der Waals surface area contributed by atoms with Crippen LogP contribution in [0.5, 0.6) is 0 Å². The molecular formula is C14H26Cl4N4O2. The highest BCUT2D eigenvalue weighted by atomic mass is 35.5. The molecule has 2 rings (SSSR count). The number of oxime groups is 1. The number of pyridine rings is 1. The number of likely N-dealkylation sites (tertiary alicyclic amines) is 1. The van der Waals surface area contributed by atoms with Gasteiger partial charge in [0, 0.05) is 24.5 Å². The molecule has 1 unspecified atom stereocenters. The van der Waals surface area contributed by atoms with Gasteiger partial charge in [-0.3, -0.25) is 4.98 Å². The molecule has 10 heteroatoms. The summed E-state index contributed by atoms with van der Waals surface area (Å²) in [5.41, 5.74) is 6.46. The third-order valence-corrected chi connectivity index (χ3v) is 3.30. The number of nitrogens with zero attached hydrogens (tertiary/aromatic N) is 3. The third kappa shape index (κ3) is 10.4. The largest absolute Gasteiger partial charge is 0.391 e. The first-order valence-corrected chi connectivity index (χ1v) is 7.02. The van der Waals surface area contributed by atoms with Crippen LogP contribution in [0.1, 0.15) is 24.8 Å². The molecule has 0 amide bonds. The van der Waals surface area contributed by atoms with Crippen molar-refractivity contribution < 1.29 is 9.94 Å². The molecule has 6 nitrogen and oxygen atoms in total. The summed E-state index contributed by atoms with van der Waals surface area (Å²) in [7, 11) is 0. The molecule has 0 bridgehead atoms. The number of nitrogens with two attached hydrogens (primary N) is 1. The highest BCUT2D eigenvalue weighted by Crippen LogP contribution is 2.09. The van der Waals surface area contributed by atoms with Crippen LogP contribution in [-0.2, 0) is 4.84 Å². The van der Waals surface area contributed by atoms with E-state index in [1.165, 1.54) is 19.3 Å². The highest BCUT2D eigenvalue weighted by Gasteiger charge is 2.14. The van der Waals surface area contributed by atoms with Gasteiger partial charge in [-0.2, -0.15) is 0 Å². The van der Waals surface area contributed by atoms with E-state index >= 15 is 0 Å². The molecule has 0 spiro atoms. The van der Waals surface area contributed by atoms with Crippen molar-refractivity contribution in [2.75, 3.05) is 26.2 Å². The summed E-state index contributed by atoms with van der Waals surface area (Å²) in [6.07, 6.45) is 6.44. The van der Waals surface area contributed by atoms with Gasteiger partial charge in [-0.05, 0) is 38.1 Å². The van der Waals surface area contributed by atoms with Gasteiger partial charge >= 0.3 is 0 Å². The minimum absolute atomic E-state index is 0. The van der Waals surface area contributed by atoms with Crippen LogP contribution in [-0.4, -0.2) is 53.2 Å². The zero-order valence-electron chi connectivity index (χ0n) is 13.2. The van der Waals surface area contributed by atoms with E-state index in [-0.39, 0.29) is 62.1 Å². The summed E-state index contributed by atoms with van der Waals surface area (Å²) < 4.78 is 0. The summed E-state index contributed by atoms with van der Waals surface area (Å²) >= 11 is 0. The number of piperidine rings is 1. The second-order valence-corrected chi connectivity index (χ2v) is 5.03. The monoisotopic (exact) mass is 422 g/mol. The number of aliphatic hydroxyl groups excluding tert-OH is 1. The Morgan fingerprint density at radius 3 is 2.50 bits per heavy atom. The Morgan fingerprint density at radius 2 is 1.92 bits per heavy atom. The van der Waals surface area contributed by atoms with Gasteiger partial charge < -0.3 is 20.6 Å². The first-order chi connectivity index (χ1) is 9.75. The Labute approximate surface area is 167 Å². The Bertz CT molecular complexity index is 434.